The molecule has 96 valence electrons. The summed E-state index contributed by atoms with van der Waals surface area (Å²) in [4.78, 5) is 8.18. The smallest absolute Gasteiger partial charge is 0.121 e. The Kier molecular flexibility index (Phi) is 3.31. The summed E-state index contributed by atoms with van der Waals surface area (Å²) in [6, 6.07) is 5.82. The van der Waals surface area contributed by atoms with Gasteiger partial charge in [-0.15, -0.1) is 10.2 Å². The molecule has 0 bridgehead atoms. The van der Waals surface area contributed by atoms with Crippen LogP contribution in [0.3, 0.4) is 0 Å². The van der Waals surface area contributed by atoms with Crippen LogP contribution in [0.4, 0.5) is 0 Å². The van der Waals surface area contributed by atoms with Crippen LogP contribution in [0.2, 0.25) is 0 Å². The molecule has 0 aliphatic rings. The Labute approximate surface area is 110 Å². The van der Waals surface area contributed by atoms with E-state index in [-0.39, 0.29) is 0 Å². The van der Waals surface area contributed by atoms with Gasteiger partial charge in [0.1, 0.15) is 24.7 Å². The molecule has 0 unspecified atom stereocenters. The van der Waals surface area contributed by atoms with Crippen molar-refractivity contribution in [2.75, 3.05) is 6.61 Å². The van der Waals surface area contributed by atoms with Crippen LogP contribution < -0.4 is 4.74 Å². The summed E-state index contributed by atoms with van der Waals surface area (Å²) in [6.45, 7) is 1.50. The highest BCUT2D eigenvalue weighted by Gasteiger charge is 1.98. The molecule has 19 heavy (non-hydrogen) atoms. The number of rotatable bonds is 5. The van der Waals surface area contributed by atoms with Gasteiger partial charge in [0.15, 0.2) is 0 Å². The van der Waals surface area contributed by atoms with E-state index in [0.717, 1.165) is 29.6 Å². The van der Waals surface area contributed by atoms with Crippen molar-refractivity contribution in [2.45, 2.75) is 13.0 Å². The summed E-state index contributed by atoms with van der Waals surface area (Å²) in [5.41, 5.74) is 0.895. The Bertz CT molecular complexity index is 653. The van der Waals surface area contributed by atoms with Gasteiger partial charge in [0.2, 0.25) is 0 Å². The number of fused-ring (bicyclic) bond motifs is 1. The highest BCUT2D eigenvalue weighted by molar-refractivity contribution is 5.78. The van der Waals surface area contributed by atoms with Gasteiger partial charge >= 0.3 is 0 Å². The molecule has 0 saturated carbocycles. The first kappa shape index (κ1) is 11.6. The minimum Gasteiger partial charge on any atom is -0.493 e. The van der Waals surface area contributed by atoms with Gasteiger partial charge < -0.3 is 9.30 Å². The van der Waals surface area contributed by atoms with Crippen molar-refractivity contribution in [3.05, 3.63) is 43.4 Å². The average molecular weight is 255 g/mol. The summed E-state index contributed by atoms with van der Waals surface area (Å²) in [5.74, 6) is 0.829. The van der Waals surface area contributed by atoms with Crippen molar-refractivity contribution in [2.24, 2.45) is 0 Å². The third kappa shape index (κ3) is 2.85. The zero-order valence-electron chi connectivity index (χ0n) is 10.3. The molecule has 0 fully saturated rings. The third-order valence-electron chi connectivity index (χ3n) is 2.77. The molecule has 0 spiro atoms. The highest BCUT2D eigenvalue weighted by Crippen LogP contribution is 2.18. The Hall–Kier alpha value is -2.50. The van der Waals surface area contributed by atoms with Crippen LogP contribution in [0.5, 0.6) is 5.75 Å². The highest BCUT2D eigenvalue weighted by atomic mass is 16.5. The zero-order chi connectivity index (χ0) is 12.9. The molecule has 6 nitrogen and oxygen atoms in total. The maximum atomic E-state index is 5.70. The van der Waals surface area contributed by atoms with Crippen LogP contribution in [0.1, 0.15) is 6.42 Å². The van der Waals surface area contributed by atoms with Gasteiger partial charge in [-0.1, -0.05) is 0 Å². The molecule has 2 heterocycles. The fourth-order valence-corrected chi connectivity index (χ4v) is 1.82. The summed E-state index contributed by atoms with van der Waals surface area (Å²) < 4.78 is 7.63. The quantitative estimate of drug-likeness (QED) is 0.649. The van der Waals surface area contributed by atoms with Crippen LogP contribution in [0, 0.1) is 0 Å². The van der Waals surface area contributed by atoms with Gasteiger partial charge in [-0.05, 0) is 18.6 Å². The van der Waals surface area contributed by atoms with E-state index in [1.807, 2.05) is 22.8 Å². The molecule has 3 rings (SSSR count). The first-order chi connectivity index (χ1) is 9.42. The van der Waals surface area contributed by atoms with Crippen molar-refractivity contribution in [3.8, 4) is 5.75 Å². The molecular weight excluding hydrogens is 242 g/mol. The molecular formula is C13H13N5O. The first-order valence-corrected chi connectivity index (χ1v) is 6.07. The van der Waals surface area contributed by atoms with E-state index in [2.05, 4.69) is 20.2 Å². The third-order valence-corrected chi connectivity index (χ3v) is 2.77. The molecule has 6 heteroatoms. The lowest BCUT2D eigenvalue weighted by molar-refractivity contribution is 0.302. The number of nitrogens with zero attached hydrogens (tertiary/aromatic N) is 5. The molecule has 0 N–H and O–H groups in total. The second-order valence-electron chi connectivity index (χ2n) is 4.15. The van der Waals surface area contributed by atoms with E-state index < -0.39 is 0 Å². The normalized spacial score (nSPS) is 10.7. The van der Waals surface area contributed by atoms with E-state index in [1.165, 1.54) is 6.33 Å². The molecule has 0 atom stereocenters. The SMILES string of the molecule is c1ncc2ccc(OCCCn3cnnc3)cc2n1. The van der Waals surface area contributed by atoms with E-state index >= 15 is 0 Å². The molecule has 0 aliphatic carbocycles. The van der Waals surface area contributed by atoms with E-state index in [1.54, 1.807) is 18.9 Å². The molecule has 2 aromatic heterocycles. The molecule has 0 saturated heterocycles. The first-order valence-electron chi connectivity index (χ1n) is 6.07. The number of ether oxygens (including phenoxy) is 1. The standard InChI is InChI=1S/C13H13N5O/c1(4-18-9-16-17-10-18)5-19-12-3-2-11-7-14-8-15-13(11)6-12/h2-3,6-10H,1,4-5H2. The second kappa shape index (κ2) is 5.43. The number of aryl methyl sites for hydroxylation is 1. The lowest BCUT2D eigenvalue weighted by atomic mass is 10.2. The van der Waals surface area contributed by atoms with E-state index in [4.69, 9.17) is 4.74 Å². The van der Waals surface area contributed by atoms with Crippen molar-refractivity contribution in [3.63, 3.8) is 0 Å². The minimum absolute atomic E-state index is 0.648. The zero-order valence-corrected chi connectivity index (χ0v) is 10.3. The van der Waals surface area contributed by atoms with Crippen LogP contribution in [0.15, 0.2) is 43.4 Å². The van der Waals surface area contributed by atoms with E-state index in [9.17, 15) is 0 Å². The second-order valence-corrected chi connectivity index (χ2v) is 4.15. The number of benzene rings is 1. The Balaban J connectivity index is 1.56. The number of hydrogen-bond donors (Lipinski definition) is 0. The summed E-state index contributed by atoms with van der Waals surface area (Å²) >= 11 is 0. The van der Waals surface area contributed by atoms with Crippen molar-refractivity contribution in [1.82, 2.24) is 24.7 Å². The van der Waals surface area contributed by atoms with Gasteiger partial charge in [0.05, 0.1) is 12.1 Å². The van der Waals surface area contributed by atoms with Gasteiger partial charge in [-0.25, -0.2) is 9.97 Å². The van der Waals surface area contributed by atoms with Crippen LogP contribution in [-0.4, -0.2) is 31.3 Å². The number of aromatic nitrogens is 5. The van der Waals surface area contributed by atoms with Gasteiger partial charge in [0, 0.05) is 24.2 Å². The van der Waals surface area contributed by atoms with Crippen molar-refractivity contribution < 1.29 is 4.74 Å². The fourth-order valence-electron chi connectivity index (χ4n) is 1.82. The Morgan fingerprint density at radius 2 is 2.05 bits per heavy atom. The molecule has 0 amide bonds. The predicted molar refractivity (Wildman–Crippen MR) is 69.7 cm³/mol. The van der Waals surface area contributed by atoms with Gasteiger partial charge in [-0.2, -0.15) is 0 Å². The molecule has 0 aliphatic heterocycles. The molecule has 0 radical (unpaired) electrons. The van der Waals surface area contributed by atoms with Crippen LogP contribution in [0.25, 0.3) is 10.9 Å². The van der Waals surface area contributed by atoms with E-state index in [0.29, 0.717) is 6.61 Å². The van der Waals surface area contributed by atoms with Crippen molar-refractivity contribution in [1.29, 1.82) is 0 Å². The van der Waals surface area contributed by atoms with Crippen LogP contribution in [-0.2, 0) is 6.54 Å². The predicted octanol–water partition coefficient (Wildman–Crippen LogP) is 1.69. The lowest BCUT2D eigenvalue weighted by Crippen LogP contribution is -2.03. The van der Waals surface area contributed by atoms with Crippen LogP contribution >= 0.6 is 0 Å². The Morgan fingerprint density at radius 1 is 1.16 bits per heavy atom. The average Bonchev–Trinajstić information content (AvgIpc) is 2.97. The van der Waals surface area contributed by atoms with Crippen molar-refractivity contribution >= 4 is 10.9 Å². The summed E-state index contributed by atoms with van der Waals surface area (Å²) in [5, 5.41) is 8.52. The summed E-state index contributed by atoms with van der Waals surface area (Å²) in [6.07, 6.45) is 7.63. The maximum absolute atomic E-state index is 5.70. The molecule has 3 aromatic rings. The number of hydrogen-bond acceptors (Lipinski definition) is 5. The lowest BCUT2D eigenvalue weighted by Gasteiger charge is -2.07. The fraction of sp³-hybridized carbons (Fsp3) is 0.231. The maximum Gasteiger partial charge on any atom is 0.121 e. The minimum atomic E-state index is 0.648. The van der Waals surface area contributed by atoms with Gasteiger partial charge in [-0.3, -0.25) is 0 Å². The Morgan fingerprint density at radius 3 is 2.95 bits per heavy atom. The topological polar surface area (TPSA) is 65.7 Å². The summed E-state index contributed by atoms with van der Waals surface area (Å²) in [7, 11) is 0. The monoisotopic (exact) mass is 255 g/mol. The molecule has 1 aromatic carbocycles. The largest absolute Gasteiger partial charge is 0.493 e. The van der Waals surface area contributed by atoms with Gasteiger partial charge in [0.25, 0.3) is 0 Å².